The van der Waals surface area contributed by atoms with E-state index in [4.69, 9.17) is 20.0 Å². The maximum atomic E-state index is 13.3. The standard InChI is InChI=1S/C25H22F6N2O2/c26-24(27,28)22-10-20(8-6-17(22)12-32)34-14-19(16-4-2-1-3-5-16)15-35-21-9-7-18(13-33)23(11-21)25(29,30)31/h6-11,16,19H,1-5,14-15H2. The third-order valence-electron chi connectivity index (χ3n) is 6.08. The van der Waals surface area contributed by atoms with Gasteiger partial charge in [-0.3, -0.25) is 0 Å². The van der Waals surface area contributed by atoms with Gasteiger partial charge in [0.2, 0.25) is 0 Å². The molecule has 0 bridgehead atoms. The molecule has 0 atom stereocenters. The molecule has 1 aliphatic carbocycles. The quantitative estimate of drug-likeness (QED) is 0.383. The smallest absolute Gasteiger partial charge is 0.417 e. The van der Waals surface area contributed by atoms with Crippen LogP contribution in [0.25, 0.3) is 0 Å². The van der Waals surface area contributed by atoms with E-state index in [0.29, 0.717) is 0 Å². The zero-order valence-electron chi connectivity index (χ0n) is 18.5. The third-order valence-corrected chi connectivity index (χ3v) is 6.08. The lowest BCUT2D eigenvalue weighted by Crippen LogP contribution is -2.29. The van der Waals surface area contributed by atoms with Crippen LogP contribution in [-0.2, 0) is 12.4 Å². The van der Waals surface area contributed by atoms with Gasteiger partial charge in [0.1, 0.15) is 11.5 Å². The molecule has 2 aromatic rings. The molecule has 0 aromatic heterocycles. The first-order chi connectivity index (χ1) is 16.5. The zero-order chi connectivity index (χ0) is 25.6. The van der Waals surface area contributed by atoms with Crippen LogP contribution in [0, 0.1) is 34.5 Å². The molecule has 0 amide bonds. The highest BCUT2D eigenvalue weighted by Gasteiger charge is 2.35. The Hall–Kier alpha value is -3.40. The Morgan fingerprint density at radius 3 is 1.54 bits per heavy atom. The summed E-state index contributed by atoms with van der Waals surface area (Å²) < 4.78 is 90.8. The van der Waals surface area contributed by atoms with Gasteiger partial charge in [0, 0.05) is 5.92 Å². The first kappa shape index (κ1) is 26.2. The van der Waals surface area contributed by atoms with Crippen molar-refractivity contribution in [3.8, 4) is 23.6 Å². The third kappa shape index (κ3) is 6.82. The van der Waals surface area contributed by atoms with E-state index >= 15 is 0 Å². The van der Waals surface area contributed by atoms with Crippen molar-refractivity contribution in [2.75, 3.05) is 13.2 Å². The minimum absolute atomic E-state index is 0.00370. The summed E-state index contributed by atoms with van der Waals surface area (Å²) in [5.74, 6) is -0.278. The maximum absolute atomic E-state index is 13.3. The summed E-state index contributed by atoms with van der Waals surface area (Å²) in [5, 5.41) is 17.9. The average molecular weight is 496 g/mol. The Balaban J connectivity index is 1.76. The highest BCUT2D eigenvalue weighted by Crippen LogP contribution is 2.37. The van der Waals surface area contributed by atoms with E-state index in [2.05, 4.69) is 0 Å². The molecule has 0 unspecified atom stereocenters. The van der Waals surface area contributed by atoms with Crippen LogP contribution in [0.2, 0.25) is 0 Å². The van der Waals surface area contributed by atoms with Gasteiger partial charge in [-0.05, 0) is 55.2 Å². The van der Waals surface area contributed by atoms with E-state index in [0.717, 1.165) is 56.4 Å². The van der Waals surface area contributed by atoms with Gasteiger partial charge in [-0.25, -0.2) is 0 Å². The lowest BCUT2D eigenvalue weighted by atomic mass is 9.80. The Labute approximate surface area is 198 Å². The van der Waals surface area contributed by atoms with Gasteiger partial charge in [-0.15, -0.1) is 0 Å². The molecule has 0 saturated heterocycles. The predicted molar refractivity (Wildman–Crippen MR) is 113 cm³/mol. The van der Waals surface area contributed by atoms with Crippen LogP contribution in [0.4, 0.5) is 26.3 Å². The maximum Gasteiger partial charge on any atom is 0.417 e. The molecule has 0 N–H and O–H groups in total. The van der Waals surface area contributed by atoms with Gasteiger partial charge in [0.05, 0.1) is 47.6 Å². The van der Waals surface area contributed by atoms with Crippen LogP contribution in [0.15, 0.2) is 36.4 Å². The Bertz CT molecular complexity index is 1030. The van der Waals surface area contributed by atoms with E-state index < -0.39 is 34.6 Å². The molecule has 1 fully saturated rings. The van der Waals surface area contributed by atoms with E-state index in [1.165, 1.54) is 24.3 Å². The van der Waals surface area contributed by atoms with E-state index in [1.54, 1.807) is 0 Å². The first-order valence-corrected chi connectivity index (χ1v) is 11.0. The lowest BCUT2D eigenvalue weighted by molar-refractivity contribution is -0.138. The Kier molecular flexibility index (Phi) is 8.16. The number of ether oxygens (including phenoxy) is 2. The minimum atomic E-state index is -4.72. The minimum Gasteiger partial charge on any atom is -0.493 e. The van der Waals surface area contributed by atoms with Crippen LogP contribution in [0.3, 0.4) is 0 Å². The molecular formula is C25H22F6N2O2. The molecule has 1 aliphatic rings. The molecule has 4 nitrogen and oxygen atoms in total. The Morgan fingerprint density at radius 2 is 1.17 bits per heavy atom. The van der Waals surface area contributed by atoms with Crippen molar-refractivity contribution >= 4 is 0 Å². The van der Waals surface area contributed by atoms with Crippen molar-refractivity contribution in [2.45, 2.75) is 44.5 Å². The monoisotopic (exact) mass is 496 g/mol. The van der Waals surface area contributed by atoms with E-state index in [-0.39, 0.29) is 36.5 Å². The van der Waals surface area contributed by atoms with Crippen molar-refractivity contribution in [2.24, 2.45) is 11.8 Å². The molecule has 186 valence electrons. The molecule has 0 spiro atoms. The molecule has 3 rings (SSSR count). The average Bonchev–Trinajstić information content (AvgIpc) is 2.83. The predicted octanol–water partition coefficient (Wildman–Crippen LogP) is 7.12. The largest absolute Gasteiger partial charge is 0.493 e. The Morgan fingerprint density at radius 1 is 0.743 bits per heavy atom. The fraction of sp³-hybridized carbons (Fsp3) is 0.440. The van der Waals surface area contributed by atoms with Crippen LogP contribution in [-0.4, -0.2) is 13.2 Å². The van der Waals surface area contributed by atoms with Crippen molar-refractivity contribution in [1.82, 2.24) is 0 Å². The fourth-order valence-corrected chi connectivity index (χ4v) is 4.22. The topological polar surface area (TPSA) is 66.0 Å². The fourth-order valence-electron chi connectivity index (χ4n) is 4.22. The number of halogens is 6. The molecule has 2 aromatic carbocycles. The molecule has 0 aliphatic heterocycles. The number of rotatable bonds is 7. The van der Waals surface area contributed by atoms with Gasteiger partial charge in [-0.1, -0.05) is 19.3 Å². The summed E-state index contributed by atoms with van der Waals surface area (Å²) in [6.45, 7) is -0.00740. The van der Waals surface area contributed by atoms with Gasteiger partial charge in [0.25, 0.3) is 0 Å². The summed E-state index contributed by atoms with van der Waals surface area (Å²) in [4.78, 5) is 0. The highest BCUT2D eigenvalue weighted by molar-refractivity contribution is 5.45. The van der Waals surface area contributed by atoms with Gasteiger partial charge in [-0.2, -0.15) is 36.9 Å². The number of hydrogen-bond acceptors (Lipinski definition) is 4. The second-order valence-electron chi connectivity index (χ2n) is 8.41. The second-order valence-corrected chi connectivity index (χ2v) is 8.41. The van der Waals surface area contributed by atoms with Gasteiger partial charge >= 0.3 is 12.4 Å². The lowest BCUT2D eigenvalue weighted by Gasteiger charge is -2.30. The highest BCUT2D eigenvalue weighted by atomic mass is 19.4. The number of nitrogens with zero attached hydrogens (tertiary/aromatic N) is 2. The van der Waals surface area contributed by atoms with Crippen LogP contribution in [0.1, 0.15) is 54.4 Å². The number of alkyl halides is 6. The van der Waals surface area contributed by atoms with Crippen molar-refractivity contribution in [3.05, 3.63) is 58.7 Å². The summed E-state index contributed by atoms with van der Waals surface area (Å²) in [6, 6.07) is 9.21. The van der Waals surface area contributed by atoms with Crippen molar-refractivity contribution in [3.63, 3.8) is 0 Å². The normalized spacial score (nSPS) is 14.9. The van der Waals surface area contributed by atoms with Crippen molar-refractivity contribution in [1.29, 1.82) is 10.5 Å². The van der Waals surface area contributed by atoms with Crippen LogP contribution >= 0.6 is 0 Å². The second kappa shape index (κ2) is 10.9. The molecule has 35 heavy (non-hydrogen) atoms. The van der Waals surface area contributed by atoms with Crippen LogP contribution < -0.4 is 9.47 Å². The number of nitriles is 2. The molecule has 10 heteroatoms. The zero-order valence-corrected chi connectivity index (χ0v) is 18.5. The van der Waals surface area contributed by atoms with Crippen molar-refractivity contribution < 1.29 is 35.8 Å². The first-order valence-electron chi connectivity index (χ1n) is 11.0. The molecule has 0 heterocycles. The molecular weight excluding hydrogens is 474 g/mol. The summed E-state index contributed by atoms with van der Waals surface area (Å²) in [7, 11) is 0. The number of hydrogen-bond donors (Lipinski definition) is 0. The SMILES string of the molecule is N#Cc1ccc(OCC(COc2ccc(C#N)c(C(F)(F)F)c2)C2CCCCC2)cc1C(F)(F)F. The molecule has 0 radical (unpaired) electrons. The summed E-state index contributed by atoms with van der Waals surface area (Å²) >= 11 is 0. The number of benzene rings is 2. The van der Waals surface area contributed by atoms with Crippen LogP contribution in [0.5, 0.6) is 11.5 Å². The van der Waals surface area contributed by atoms with Gasteiger partial charge < -0.3 is 9.47 Å². The summed E-state index contributed by atoms with van der Waals surface area (Å²) in [5.41, 5.74) is -3.22. The molecule has 1 saturated carbocycles. The summed E-state index contributed by atoms with van der Waals surface area (Å²) in [6.07, 6.45) is -4.76. The van der Waals surface area contributed by atoms with E-state index in [1.807, 2.05) is 0 Å². The van der Waals surface area contributed by atoms with Gasteiger partial charge in [0.15, 0.2) is 0 Å². The van der Waals surface area contributed by atoms with E-state index in [9.17, 15) is 26.3 Å².